The van der Waals surface area contributed by atoms with Crippen LogP contribution in [-0.4, -0.2) is 11.0 Å². The standard InChI is InChI=1S/C17H24N2OS/c1-2-15(13-9-5-3-6-10-13)18-17(21)19-16(20)14-11-7-4-8-12-14/h3,5-6,9-10,14-15H,2,4,7-8,11-12H2,1H3,(H2,18,19,20,21). The molecule has 3 nitrogen and oxygen atoms in total. The van der Waals surface area contributed by atoms with Crippen molar-refractivity contribution in [1.29, 1.82) is 0 Å². The van der Waals surface area contributed by atoms with Crippen molar-refractivity contribution in [3.63, 3.8) is 0 Å². The van der Waals surface area contributed by atoms with Crippen LogP contribution in [0, 0.1) is 5.92 Å². The van der Waals surface area contributed by atoms with Crippen molar-refractivity contribution in [2.75, 3.05) is 0 Å². The number of hydrogen-bond donors (Lipinski definition) is 2. The topological polar surface area (TPSA) is 41.1 Å². The van der Waals surface area contributed by atoms with Gasteiger partial charge in [0.15, 0.2) is 5.11 Å². The maximum absolute atomic E-state index is 12.2. The van der Waals surface area contributed by atoms with E-state index in [0.717, 1.165) is 32.1 Å². The summed E-state index contributed by atoms with van der Waals surface area (Å²) in [6.45, 7) is 2.11. The van der Waals surface area contributed by atoms with Crippen LogP contribution in [0.2, 0.25) is 0 Å². The summed E-state index contributed by atoms with van der Waals surface area (Å²) in [6, 6.07) is 10.3. The number of nitrogens with one attached hydrogen (secondary N) is 2. The number of carbonyl (C=O) groups excluding carboxylic acids is 1. The Morgan fingerprint density at radius 1 is 1.24 bits per heavy atom. The van der Waals surface area contributed by atoms with Gasteiger partial charge in [0.05, 0.1) is 6.04 Å². The number of amides is 1. The van der Waals surface area contributed by atoms with Gasteiger partial charge in [-0.2, -0.15) is 0 Å². The van der Waals surface area contributed by atoms with Crippen LogP contribution in [0.1, 0.15) is 57.1 Å². The summed E-state index contributed by atoms with van der Waals surface area (Å²) in [5, 5.41) is 6.56. The average Bonchev–Trinajstić information content (AvgIpc) is 2.54. The van der Waals surface area contributed by atoms with Crippen LogP contribution in [0.25, 0.3) is 0 Å². The first-order chi connectivity index (χ1) is 10.2. The molecule has 1 aromatic rings. The molecule has 4 heteroatoms. The van der Waals surface area contributed by atoms with E-state index in [4.69, 9.17) is 12.2 Å². The van der Waals surface area contributed by atoms with Gasteiger partial charge in [-0.1, -0.05) is 56.5 Å². The van der Waals surface area contributed by atoms with E-state index in [1.54, 1.807) is 0 Å². The van der Waals surface area contributed by atoms with E-state index >= 15 is 0 Å². The van der Waals surface area contributed by atoms with Crippen molar-refractivity contribution < 1.29 is 4.79 Å². The number of benzene rings is 1. The quantitative estimate of drug-likeness (QED) is 0.833. The van der Waals surface area contributed by atoms with Crippen molar-refractivity contribution >= 4 is 23.2 Å². The Morgan fingerprint density at radius 3 is 2.52 bits per heavy atom. The summed E-state index contributed by atoms with van der Waals surface area (Å²) in [5.74, 6) is 0.213. The zero-order valence-electron chi connectivity index (χ0n) is 12.6. The lowest BCUT2D eigenvalue weighted by Gasteiger charge is -2.23. The lowest BCUT2D eigenvalue weighted by Crippen LogP contribution is -2.43. The molecule has 1 amide bonds. The highest BCUT2D eigenvalue weighted by atomic mass is 32.1. The van der Waals surface area contributed by atoms with Gasteiger partial charge >= 0.3 is 0 Å². The predicted octanol–water partition coefficient (Wildman–Crippen LogP) is 3.71. The molecule has 1 unspecified atom stereocenters. The zero-order valence-corrected chi connectivity index (χ0v) is 13.4. The summed E-state index contributed by atoms with van der Waals surface area (Å²) in [4.78, 5) is 12.2. The summed E-state index contributed by atoms with van der Waals surface area (Å²) in [7, 11) is 0. The van der Waals surface area contributed by atoms with Crippen LogP contribution >= 0.6 is 12.2 Å². The monoisotopic (exact) mass is 304 g/mol. The molecule has 0 aromatic heterocycles. The Morgan fingerprint density at radius 2 is 1.90 bits per heavy atom. The van der Waals surface area contributed by atoms with Crippen LogP contribution in [0.5, 0.6) is 0 Å². The molecule has 1 aliphatic carbocycles. The number of carbonyl (C=O) groups is 1. The molecule has 0 spiro atoms. The molecule has 1 saturated carbocycles. The first-order valence-electron chi connectivity index (χ1n) is 7.87. The van der Waals surface area contributed by atoms with Crippen molar-refractivity contribution in [2.45, 2.75) is 51.5 Å². The van der Waals surface area contributed by atoms with Crippen LogP contribution < -0.4 is 10.6 Å². The lowest BCUT2D eigenvalue weighted by atomic mass is 9.89. The molecule has 0 heterocycles. The molecular formula is C17H24N2OS. The Labute approximate surface area is 132 Å². The molecule has 1 aliphatic rings. The fourth-order valence-corrected chi connectivity index (χ4v) is 3.12. The first-order valence-corrected chi connectivity index (χ1v) is 8.28. The van der Waals surface area contributed by atoms with Crippen LogP contribution in [0.4, 0.5) is 0 Å². The number of thiocarbonyl (C=S) groups is 1. The van der Waals surface area contributed by atoms with Crippen molar-refractivity contribution in [1.82, 2.24) is 10.6 Å². The highest BCUT2D eigenvalue weighted by Gasteiger charge is 2.22. The Bertz CT molecular complexity index is 469. The minimum atomic E-state index is 0.0788. The summed E-state index contributed by atoms with van der Waals surface area (Å²) < 4.78 is 0. The second-order valence-corrected chi connectivity index (χ2v) is 6.08. The Balaban J connectivity index is 1.86. The van der Waals surface area contributed by atoms with Gasteiger partial charge in [0.1, 0.15) is 0 Å². The van der Waals surface area contributed by atoms with Crippen LogP contribution in [0.15, 0.2) is 30.3 Å². The highest BCUT2D eigenvalue weighted by Crippen LogP contribution is 2.23. The maximum Gasteiger partial charge on any atom is 0.229 e. The van der Waals surface area contributed by atoms with E-state index in [1.165, 1.54) is 12.0 Å². The Kier molecular flexibility index (Phi) is 6.18. The van der Waals surface area contributed by atoms with Gasteiger partial charge in [-0.3, -0.25) is 4.79 Å². The summed E-state index contributed by atoms with van der Waals surface area (Å²) >= 11 is 5.30. The van der Waals surface area contributed by atoms with Gasteiger partial charge < -0.3 is 10.6 Å². The third kappa shape index (κ3) is 4.81. The average molecular weight is 304 g/mol. The molecule has 0 saturated heterocycles. The van der Waals surface area contributed by atoms with Crippen molar-refractivity contribution in [3.05, 3.63) is 35.9 Å². The van der Waals surface area contributed by atoms with Gasteiger partial charge in [-0.15, -0.1) is 0 Å². The van der Waals surface area contributed by atoms with Crippen molar-refractivity contribution in [2.24, 2.45) is 5.92 Å². The smallest absolute Gasteiger partial charge is 0.229 e. The molecule has 2 rings (SSSR count). The number of hydrogen-bond acceptors (Lipinski definition) is 2. The SMILES string of the molecule is CCC(NC(=S)NC(=O)C1CCCCC1)c1ccccc1. The van der Waals surface area contributed by atoms with Gasteiger partial charge in [-0.25, -0.2) is 0 Å². The maximum atomic E-state index is 12.2. The summed E-state index contributed by atoms with van der Waals surface area (Å²) in [5.41, 5.74) is 1.19. The molecule has 114 valence electrons. The van der Waals surface area contributed by atoms with Gasteiger partial charge in [0.2, 0.25) is 5.91 Å². The summed E-state index contributed by atoms with van der Waals surface area (Å²) in [6.07, 6.45) is 6.45. The van der Waals surface area contributed by atoms with Crippen LogP contribution in [-0.2, 0) is 4.79 Å². The highest BCUT2D eigenvalue weighted by molar-refractivity contribution is 7.80. The van der Waals surface area contributed by atoms with Crippen LogP contribution in [0.3, 0.4) is 0 Å². The van der Waals surface area contributed by atoms with Gasteiger partial charge in [0.25, 0.3) is 0 Å². The molecule has 1 fully saturated rings. The van der Waals surface area contributed by atoms with Gasteiger partial charge in [-0.05, 0) is 37.0 Å². The predicted molar refractivity (Wildman–Crippen MR) is 89.9 cm³/mol. The molecule has 0 radical (unpaired) electrons. The van der Waals surface area contributed by atoms with E-state index in [1.807, 2.05) is 18.2 Å². The third-order valence-electron chi connectivity index (χ3n) is 4.13. The molecule has 21 heavy (non-hydrogen) atoms. The number of rotatable bonds is 4. The third-order valence-corrected chi connectivity index (χ3v) is 4.35. The lowest BCUT2D eigenvalue weighted by molar-refractivity contribution is -0.124. The molecule has 0 aliphatic heterocycles. The largest absolute Gasteiger partial charge is 0.356 e. The minimum Gasteiger partial charge on any atom is -0.356 e. The minimum absolute atomic E-state index is 0.0788. The molecular weight excluding hydrogens is 280 g/mol. The van der Waals surface area contributed by atoms with E-state index in [-0.39, 0.29) is 17.9 Å². The molecule has 0 bridgehead atoms. The second-order valence-electron chi connectivity index (χ2n) is 5.67. The normalized spacial score (nSPS) is 17.0. The Hall–Kier alpha value is -1.42. The zero-order chi connectivity index (χ0) is 15.1. The van der Waals surface area contributed by atoms with E-state index in [0.29, 0.717) is 5.11 Å². The molecule has 1 aromatic carbocycles. The second kappa shape index (κ2) is 8.13. The molecule has 2 N–H and O–H groups in total. The van der Waals surface area contributed by atoms with E-state index in [9.17, 15) is 4.79 Å². The van der Waals surface area contributed by atoms with Crippen molar-refractivity contribution in [3.8, 4) is 0 Å². The van der Waals surface area contributed by atoms with Gasteiger partial charge in [0, 0.05) is 5.92 Å². The fourth-order valence-electron chi connectivity index (χ4n) is 2.88. The molecule has 1 atom stereocenters. The first kappa shape index (κ1) is 16.0. The van der Waals surface area contributed by atoms with E-state index < -0.39 is 0 Å². The van der Waals surface area contributed by atoms with E-state index in [2.05, 4.69) is 29.7 Å². The fraction of sp³-hybridized carbons (Fsp3) is 0.529.